The Labute approximate surface area is 102 Å². The average Bonchev–Trinajstić information content (AvgIpc) is 2.70. The lowest BCUT2D eigenvalue weighted by atomic mass is 9.96. The summed E-state index contributed by atoms with van der Waals surface area (Å²) in [5, 5.41) is 0. The second-order valence-electron chi connectivity index (χ2n) is 4.67. The van der Waals surface area contributed by atoms with Gasteiger partial charge < -0.3 is 10.2 Å². The zero-order valence-electron chi connectivity index (χ0n) is 10.7. The van der Waals surface area contributed by atoms with Gasteiger partial charge in [-0.1, -0.05) is 23.8 Å². The van der Waals surface area contributed by atoms with Gasteiger partial charge in [0.15, 0.2) is 0 Å². The van der Waals surface area contributed by atoms with E-state index >= 15 is 0 Å². The van der Waals surface area contributed by atoms with Crippen molar-refractivity contribution >= 4 is 0 Å². The smallest absolute Gasteiger partial charge is 0.105 e. The molecule has 2 heteroatoms. The number of aryl methyl sites for hydroxylation is 3. The Morgan fingerprint density at radius 1 is 1.18 bits per heavy atom. The predicted molar refractivity (Wildman–Crippen MR) is 70.0 cm³/mol. The van der Waals surface area contributed by atoms with Crippen LogP contribution in [0.4, 0.5) is 0 Å². The van der Waals surface area contributed by atoms with Gasteiger partial charge in [0.2, 0.25) is 0 Å². The third-order valence-electron chi connectivity index (χ3n) is 3.24. The molecule has 1 heterocycles. The summed E-state index contributed by atoms with van der Waals surface area (Å²) in [7, 11) is 0. The van der Waals surface area contributed by atoms with E-state index in [-0.39, 0.29) is 6.04 Å². The molecule has 0 saturated carbocycles. The Hall–Kier alpha value is -1.54. The Balaban J connectivity index is 2.21. The van der Waals surface area contributed by atoms with Crippen LogP contribution in [-0.2, 0) is 6.42 Å². The van der Waals surface area contributed by atoms with Crippen molar-refractivity contribution in [1.29, 1.82) is 0 Å². The fourth-order valence-corrected chi connectivity index (χ4v) is 2.15. The van der Waals surface area contributed by atoms with E-state index in [0.29, 0.717) is 0 Å². The topological polar surface area (TPSA) is 39.2 Å². The highest BCUT2D eigenvalue weighted by Crippen LogP contribution is 2.22. The van der Waals surface area contributed by atoms with Crippen molar-refractivity contribution in [2.75, 3.05) is 0 Å². The van der Waals surface area contributed by atoms with Crippen molar-refractivity contribution in [3.8, 4) is 0 Å². The standard InChI is InChI=1S/C15H19NO/c1-10-4-5-11(2)13(8-10)9-15(16)14-6-7-17-12(14)3/h4-8,15H,9,16H2,1-3H3. The fraction of sp³-hybridized carbons (Fsp3) is 0.333. The first-order valence-electron chi connectivity index (χ1n) is 5.93. The highest BCUT2D eigenvalue weighted by atomic mass is 16.3. The molecule has 17 heavy (non-hydrogen) atoms. The number of nitrogens with two attached hydrogens (primary N) is 1. The first kappa shape index (κ1) is 11.9. The van der Waals surface area contributed by atoms with Crippen molar-refractivity contribution in [2.24, 2.45) is 5.73 Å². The first-order valence-corrected chi connectivity index (χ1v) is 5.93. The first-order chi connectivity index (χ1) is 8.08. The van der Waals surface area contributed by atoms with Crippen molar-refractivity contribution in [3.63, 3.8) is 0 Å². The van der Waals surface area contributed by atoms with Gasteiger partial charge in [0.25, 0.3) is 0 Å². The minimum atomic E-state index is 0.00856. The van der Waals surface area contributed by atoms with Crippen LogP contribution < -0.4 is 5.73 Å². The van der Waals surface area contributed by atoms with Gasteiger partial charge in [-0.3, -0.25) is 0 Å². The van der Waals surface area contributed by atoms with E-state index < -0.39 is 0 Å². The van der Waals surface area contributed by atoms with Crippen molar-refractivity contribution in [3.05, 3.63) is 58.5 Å². The molecule has 0 aliphatic rings. The van der Waals surface area contributed by atoms with Gasteiger partial charge in [-0.05, 0) is 44.4 Å². The molecule has 1 aromatic heterocycles. The monoisotopic (exact) mass is 229 g/mol. The summed E-state index contributed by atoms with van der Waals surface area (Å²) in [4.78, 5) is 0. The second kappa shape index (κ2) is 4.76. The Morgan fingerprint density at radius 2 is 1.94 bits per heavy atom. The SMILES string of the molecule is Cc1ccc(C)c(CC(N)c2ccoc2C)c1. The summed E-state index contributed by atoms with van der Waals surface area (Å²) in [5.74, 6) is 0.919. The van der Waals surface area contributed by atoms with Gasteiger partial charge in [-0.15, -0.1) is 0 Å². The lowest BCUT2D eigenvalue weighted by Crippen LogP contribution is -2.14. The predicted octanol–water partition coefficient (Wildman–Crippen LogP) is 3.45. The molecule has 0 saturated heterocycles. The van der Waals surface area contributed by atoms with Crippen LogP contribution in [0, 0.1) is 20.8 Å². The van der Waals surface area contributed by atoms with Crippen molar-refractivity contribution in [2.45, 2.75) is 33.2 Å². The van der Waals surface area contributed by atoms with Crippen LogP contribution in [0.25, 0.3) is 0 Å². The summed E-state index contributed by atoms with van der Waals surface area (Å²) in [5.41, 5.74) is 11.2. The number of furan rings is 1. The fourth-order valence-electron chi connectivity index (χ4n) is 2.15. The van der Waals surface area contributed by atoms with Crippen LogP contribution in [0.5, 0.6) is 0 Å². The maximum Gasteiger partial charge on any atom is 0.105 e. The molecule has 2 nitrogen and oxygen atoms in total. The van der Waals surface area contributed by atoms with Crippen LogP contribution in [0.3, 0.4) is 0 Å². The minimum Gasteiger partial charge on any atom is -0.469 e. The Bertz CT molecular complexity index is 513. The lowest BCUT2D eigenvalue weighted by Gasteiger charge is -2.13. The van der Waals surface area contributed by atoms with Crippen LogP contribution in [0.15, 0.2) is 34.9 Å². The molecule has 2 N–H and O–H groups in total. The summed E-state index contributed by atoms with van der Waals surface area (Å²) < 4.78 is 5.30. The van der Waals surface area contributed by atoms with Gasteiger partial charge in [-0.25, -0.2) is 0 Å². The zero-order valence-corrected chi connectivity index (χ0v) is 10.7. The number of hydrogen-bond acceptors (Lipinski definition) is 2. The number of benzene rings is 1. The van der Waals surface area contributed by atoms with E-state index in [2.05, 4.69) is 32.0 Å². The summed E-state index contributed by atoms with van der Waals surface area (Å²) >= 11 is 0. The highest BCUT2D eigenvalue weighted by molar-refractivity contribution is 5.33. The molecular weight excluding hydrogens is 210 g/mol. The molecule has 0 fully saturated rings. The maximum atomic E-state index is 6.23. The van der Waals surface area contributed by atoms with Crippen LogP contribution in [-0.4, -0.2) is 0 Å². The molecule has 2 rings (SSSR count). The summed E-state index contributed by atoms with van der Waals surface area (Å²) in [6.07, 6.45) is 2.56. The largest absolute Gasteiger partial charge is 0.469 e. The molecule has 1 atom stereocenters. The van der Waals surface area contributed by atoms with Gasteiger partial charge in [0, 0.05) is 11.6 Å². The molecule has 0 bridgehead atoms. The third-order valence-corrected chi connectivity index (χ3v) is 3.24. The lowest BCUT2D eigenvalue weighted by molar-refractivity contribution is 0.524. The van der Waals surface area contributed by atoms with E-state index in [1.165, 1.54) is 16.7 Å². The minimum absolute atomic E-state index is 0.00856. The van der Waals surface area contributed by atoms with Crippen molar-refractivity contribution < 1.29 is 4.42 Å². The zero-order chi connectivity index (χ0) is 12.4. The van der Waals surface area contributed by atoms with Crippen molar-refractivity contribution in [1.82, 2.24) is 0 Å². The molecule has 1 unspecified atom stereocenters. The molecule has 0 aliphatic heterocycles. The molecule has 0 spiro atoms. The highest BCUT2D eigenvalue weighted by Gasteiger charge is 2.13. The number of hydrogen-bond donors (Lipinski definition) is 1. The summed E-state index contributed by atoms with van der Waals surface area (Å²) in [6.45, 7) is 6.19. The van der Waals surface area contributed by atoms with Crippen LogP contribution >= 0.6 is 0 Å². The molecule has 0 amide bonds. The quantitative estimate of drug-likeness (QED) is 0.875. The van der Waals surface area contributed by atoms with E-state index in [4.69, 9.17) is 10.2 Å². The van der Waals surface area contributed by atoms with Gasteiger partial charge in [0.05, 0.1) is 6.26 Å². The van der Waals surface area contributed by atoms with E-state index in [0.717, 1.165) is 17.7 Å². The molecule has 2 aromatic rings. The molecule has 90 valence electrons. The molecule has 1 aromatic carbocycles. The Kier molecular flexibility index (Phi) is 3.34. The molecule has 0 aliphatic carbocycles. The van der Waals surface area contributed by atoms with E-state index in [1.54, 1.807) is 6.26 Å². The number of rotatable bonds is 3. The van der Waals surface area contributed by atoms with Crippen LogP contribution in [0.1, 0.15) is 34.1 Å². The van der Waals surface area contributed by atoms with Gasteiger partial charge >= 0.3 is 0 Å². The van der Waals surface area contributed by atoms with Gasteiger partial charge in [0.1, 0.15) is 5.76 Å². The summed E-state index contributed by atoms with van der Waals surface area (Å²) in [6, 6.07) is 8.47. The van der Waals surface area contributed by atoms with Crippen LogP contribution in [0.2, 0.25) is 0 Å². The normalized spacial score (nSPS) is 12.7. The molecule has 0 radical (unpaired) electrons. The third kappa shape index (κ3) is 2.59. The van der Waals surface area contributed by atoms with Gasteiger partial charge in [-0.2, -0.15) is 0 Å². The average molecular weight is 229 g/mol. The second-order valence-corrected chi connectivity index (χ2v) is 4.67. The molecular formula is C15H19NO. The van der Waals surface area contributed by atoms with E-state index in [1.807, 2.05) is 13.0 Å². The maximum absolute atomic E-state index is 6.23. The van der Waals surface area contributed by atoms with E-state index in [9.17, 15) is 0 Å². The Morgan fingerprint density at radius 3 is 2.59 bits per heavy atom.